The molecule has 1 aromatic rings. The Bertz CT molecular complexity index is 437. The van der Waals surface area contributed by atoms with Crippen LogP contribution in [-0.2, 0) is 0 Å². The molecule has 5 heteroatoms. The maximum absolute atomic E-state index is 11.0. The van der Waals surface area contributed by atoms with Gasteiger partial charge in [0.15, 0.2) is 0 Å². The van der Waals surface area contributed by atoms with E-state index in [4.69, 9.17) is 27.8 Å². The lowest BCUT2D eigenvalue weighted by Gasteiger charge is -2.14. The number of hydrogen-bond donors (Lipinski definition) is 2. The highest BCUT2D eigenvalue weighted by Gasteiger charge is 2.23. The maximum atomic E-state index is 11.0. The van der Waals surface area contributed by atoms with E-state index >= 15 is 0 Å². The average molecular weight is 255 g/mol. The van der Waals surface area contributed by atoms with E-state index in [0.717, 1.165) is 19.3 Å². The lowest BCUT2D eigenvalue weighted by molar-refractivity contribution is 0.100. The highest BCUT2D eigenvalue weighted by atomic mass is 35.5. The Morgan fingerprint density at radius 2 is 2.18 bits per heavy atom. The highest BCUT2D eigenvalue weighted by molar-refractivity contribution is 6.33. The Labute approximate surface area is 105 Å². The number of halogens is 1. The summed E-state index contributed by atoms with van der Waals surface area (Å²) in [4.78, 5) is 11.0. The van der Waals surface area contributed by atoms with E-state index in [1.165, 1.54) is 0 Å². The normalized spacial score (nSPS) is 23.6. The Morgan fingerprint density at radius 3 is 2.71 bits per heavy atom. The third-order valence-electron chi connectivity index (χ3n) is 2.93. The maximum Gasteiger partial charge on any atom is 0.250 e. The largest absolute Gasteiger partial charge is 0.490 e. The van der Waals surface area contributed by atoms with Crippen molar-refractivity contribution >= 4 is 17.5 Å². The second kappa shape index (κ2) is 4.94. The third kappa shape index (κ3) is 2.90. The molecule has 0 saturated heterocycles. The van der Waals surface area contributed by atoms with Gasteiger partial charge in [0.2, 0.25) is 5.91 Å². The van der Waals surface area contributed by atoms with E-state index in [2.05, 4.69) is 0 Å². The van der Waals surface area contributed by atoms with Crippen LogP contribution in [-0.4, -0.2) is 18.1 Å². The van der Waals surface area contributed by atoms with E-state index in [1.807, 2.05) is 0 Å². The first-order valence-electron chi connectivity index (χ1n) is 5.58. The van der Waals surface area contributed by atoms with Crippen LogP contribution >= 0.6 is 11.6 Å². The quantitative estimate of drug-likeness (QED) is 0.862. The van der Waals surface area contributed by atoms with Gasteiger partial charge in [-0.3, -0.25) is 4.79 Å². The second-order valence-corrected chi connectivity index (χ2v) is 4.73. The minimum atomic E-state index is -0.538. The van der Waals surface area contributed by atoms with E-state index < -0.39 is 5.91 Å². The lowest BCUT2D eigenvalue weighted by Crippen LogP contribution is -2.19. The predicted molar refractivity (Wildman–Crippen MR) is 66.2 cm³/mol. The molecule has 17 heavy (non-hydrogen) atoms. The van der Waals surface area contributed by atoms with E-state index in [0.29, 0.717) is 16.3 Å². The number of benzene rings is 1. The molecule has 2 rings (SSSR count). The zero-order chi connectivity index (χ0) is 12.4. The van der Waals surface area contributed by atoms with Crippen molar-refractivity contribution in [1.82, 2.24) is 0 Å². The molecule has 0 aromatic heterocycles. The summed E-state index contributed by atoms with van der Waals surface area (Å²) in [6.45, 7) is 0. The molecule has 1 saturated carbocycles. The number of carbonyl (C=O) groups is 1. The number of rotatable bonds is 3. The number of amides is 1. The Morgan fingerprint density at radius 1 is 1.41 bits per heavy atom. The zero-order valence-corrected chi connectivity index (χ0v) is 10.1. The standard InChI is InChI=1S/C12H15ClN2O2/c13-11-6-9(3-4-10(11)12(15)16)17-8-2-1-7(14)5-8/h3-4,6-8H,1-2,5,14H2,(H2,15,16). The molecule has 0 heterocycles. The Kier molecular flexibility index (Phi) is 3.54. The van der Waals surface area contributed by atoms with Crippen LogP contribution in [0.1, 0.15) is 29.6 Å². The van der Waals surface area contributed by atoms with Crippen LogP contribution in [0.2, 0.25) is 5.02 Å². The molecular weight excluding hydrogens is 240 g/mol. The van der Waals surface area contributed by atoms with Crippen molar-refractivity contribution in [2.45, 2.75) is 31.4 Å². The smallest absolute Gasteiger partial charge is 0.250 e. The fourth-order valence-electron chi connectivity index (χ4n) is 2.04. The van der Waals surface area contributed by atoms with Gasteiger partial charge in [-0.25, -0.2) is 0 Å². The van der Waals surface area contributed by atoms with Crippen molar-refractivity contribution in [2.75, 3.05) is 0 Å². The van der Waals surface area contributed by atoms with Crippen LogP contribution in [0.5, 0.6) is 5.75 Å². The molecule has 2 unspecified atom stereocenters. The minimum Gasteiger partial charge on any atom is -0.490 e. The number of hydrogen-bond acceptors (Lipinski definition) is 3. The number of ether oxygens (including phenoxy) is 1. The predicted octanol–water partition coefficient (Wildman–Crippen LogP) is 1.70. The van der Waals surface area contributed by atoms with Gasteiger partial charge in [-0.15, -0.1) is 0 Å². The van der Waals surface area contributed by atoms with Crippen molar-refractivity contribution in [3.8, 4) is 5.75 Å². The first kappa shape index (κ1) is 12.2. The first-order chi connectivity index (χ1) is 8.06. The summed E-state index contributed by atoms with van der Waals surface area (Å²) in [6, 6.07) is 5.12. The molecule has 0 spiro atoms. The van der Waals surface area contributed by atoms with Gasteiger partial charge in [-0.2, -0.15) is 0 Å². The molecular formula is C12H15ClN2O2. The van der Waals surface area contributed by atoms with Crippen LogP contribution in [0.25, 0.3) is 0 Å². The molecule has 1 aliphatic carbocycles. The molecule has 4 nitrogen and oxygen atoms in total. The number of carbonyl (C=O) groups excluding carboxylic acids is 1. The van der Waals surface area contributed by atoms with Gasteiger partial charge in [-0.1, -0.05) is 11.6 Å². The van der Waals surface area contributed by atoms with Crippen LogP contribution in [0.15, 0.2) is 18.2 Å². The average Bonchev–Trinajstić information content (AvgIpc) is 2.63. The third-order valence-corrected chi connectivity index (χ3v) is 3.25. The van der Waals surface area contributed by atoms with Gasteiger partial charge < -0.3 is 16.2 Å². The van der Waals surface area contributed by atoms with Gasteiger partial charge in [0.05, 0.1) is 10.6 Å². The Hall–Kier alpha value is -1.26. The topological polar surface area (TPSA) is 78.3 Å². The SMILES string of the molecule is NC(=O)c1ccc(OC2CCC(N)C2)cc1Cl. The van der Waals surface area contributed by atoms with E-state index in [-0.39, 0.29) is 12.1 Å². The minimum absolute atomic E-state index is 0.139. The van der Waals surface area contributed by atoms with Crippen LogP contribution in [0.3, 0.4) is 0 Å². The summed E-state index contributed by atoms with van der Waals surface area (Å²) in [5.74, 6) is 0.114. The molecule has 0 aliphatic heterocycles. The van der Waals surface area contributed by atoms with Gasteiger partial charge in [0.1, 0.15) is 11.9 Å². The molecule has 1 aliphatic rings. The number of nitrogens with two attached hydrogens (primary N) is 2. The molecule has 0 radical (unpaired) electrons. The molecule has 1 aromatic carbocycles. The van der Waals surface area contributed by atoms with Crippen molar-refractivity contribution < 1.29 is 9.53 Å². The van der Waals surface area contributed by atoms with Gasteiger partial charge in [0.25, 0.3) is 0 Å². The molecule has 92 valence electrons. The molecule has 2 atom stereocenters. The Balaban J connectivity index is 2.07. The lowest BCUT2D eigenvalue weighted by atomic mass is 10.2. The van der Waals surface area contributed by atoms with Gasteiger partial charge >= 0.3 is 0 Å². The van der Waals surface area contributed by atoms with Crippen LogP contribution < -0.4 is 16.2 Å². The van der Waals surface area contributed by atoms with Crippen LogP contribution in [0.4, 0.5) is 0 Å². The van der Waals surface area contributed by atoms with Crippen LogP contribution in [0, 0.1) is 0 Å². The van der Waals surface area contributed by atoms with Gasteiger partial charge in [0, 0.05) is 6.04 Å². The molecule has 1 fully saturated rings. The molecule has 1 amide bonds. The summed E-state index contributed by atoms with van der Waals surface area (Å²) >= 11 is 5.93. The van der Waals surface area contributed by atoms with Crippen molar-refractivity contribution in [3.05, 3.63) is 28.8 Å². The fourth-order valence-corrected chi connectivity index (χ4v) is 2.31. The molecule has 4 N–H and O–H groups in total. The van der Waals surface area contributed by atoms with Crippen molar-refractivity contribution in [2.24, 2.45) is 11.5 Å². The summed E-state index contributed by atoms with van der Waals surface area (Å²) in [7, 11) is 0. The summed E-state index contributed by atoms with van der Waals surface area (Å²) in [5.41, 5.74) is 11.3. The van der Waals surface area contributed by atoms with Gasteiger partial charge in [-0.05, 0) is 37.5 Å². The van der Waals surface area contributed by atoms with Crippen molar-refractivity contribution in [3.63, 3.8) is 0 Å². The summed E-state index contributed by atoms with van der Waals surface area (Å²) in [6.07, 6.45) is 2.93. The fraction of sp³-hybridized carbons (Fsp3) is 0.417. The summed E-state index contributed by atoms with van der Waals surface area (Å²) in [5, 5.41) is 0.317. The second-order valence-electron chi connectivity index (χ2n) is 4.32. The van der Waals surface area contributed by atoms with Crippen molar-refractivity contribution in [1.29, 1.82) is 0 Å². The summed E-state index contributed by atoms with van der Waals surface area (Å²) < 4.78 is 5.74. The monoisotopic (exact) mass is 254 g/mol. The molecule has 0 bridgehead atoms. The zero-order valence-electron chi connectivity index (χ0n) is 9.36. The highest BCUT2D eigenvalue weighted by Crippen LogP contribution is 2.27. The first-order valence-corrected chi connectivity index (χ1v) is 5.95. The van der Waals surface area contributed by atoms with E-state index in [9.17, 15) is 4.79 Å². The van der Waals surface area contributed by atoms with E-state index in [1.54, 1.807) is 18.2 Å². The number of primary amides is 1.